The molecule has 0 unspecified atom stereocenters. The van der Waals surface area contributed by atoms with Crippen LogP contribution in [-0.2, 0) is 4.74 Å². The van der Waals surface area contributed by atoms with Crippen molar-refractivity contribution in [1.29, 1.82) is 0 Å². The van der Waals surface area contributed by atoms with E-state index in [1.54, 1.807) is 0 Å². The van der Waals surface area contributed by atoms with Gasteiger partial charge in [-0.2, -0.15) is 5.10 Å². The monoisotopic (exact) mass is 183 g/mol. The first kappa shape index (κ1) is 8.50. The summed E-state index contributed by atoms with van der Waals surface area (Å²) >= 11 is 0. The van der Waals surface area contributed by atoms with Gasteiger partial charge in [0, 0.05) is 12.5 Å². The molecule has 0 spiro atoms. The number of hydrazone groups is 1. The van der Waals surface area contributed by atoms with Crippen molar-refractivity contribution in [2.75, 3.05) is 13.2 Å². The quantitative estimate of drug-likeness (QED) is 0.602. The molecular formula is C8H13N3O2. The maximum atomic E-state index is 11.1. The van der Waals surface area contributed by atoms with Crippen LogP contribution in [0.5, 0.6) is 0 Å². The van der Waals surface area contributed by atoms with Gasteiger partial charge in [0.2, 0.25) is 0 Å². The number of hydrogen-bond acceptors (Lipinski definition) is 3. The Hall–Kier alpha value is -1.10. The highest BCUT2D eigenvalue weighted by molar-refractivity contribution is 5.88. The molecule has 1 saturated carbocycles. The van der Waals surface area contributed by atoms with Crippen LogP contribution in [0.2, 0.25) is 0 Å². The molecule has 5 heteroatoms. The van der Waals surface area contributed by atoms with Gasteiger partial charge in [0.1, 0.15) is 0 Å². The molecule has 2 rings (SSSR count). The van der Waals surface area contributed by atoms with Gasteiger partial charge < -0.3 is 10.1 Å². The van der Waals surface area contributed by atoms with Crippen LogP contribution >= 0.6 is 0 Å². The molecule has 1 aliphatic heterocycles. The molecule has 1 saturated heterocycles. The van der Waals surface area contributed by atoms with E-state index < -0.39 is 0 Å². The number of rotatable bonds is 2. The van der Waals surface area contributed by atoms with Gasteiger partial charge in [0.05, 0.1) is 18.9 Å². The van der Waals surface area contributed by atoms with Gasteiger partial charge in [-0.25, -0.2) is 10.2 Å². The van der Waals surface area contributed by atoms with Gasteiger partial charge in [-0.05, 0) is 12.8 Å². The number of urea groups is 1. The summed E-state index contributed by atoms with van der Waals surface area (Å²) in [4.78, 5) is 11.1. The molecule has 2 N–H and O–H groups in total. The first-order valence-electron chi connectivity index (χ1n) is 4.54. The zero-order valence-corrected chi connectivity index (χ0v) is 7.38. The molecule has 0 radical (unpaired) electrons. The Balaban J connectivity index is 1.70. The van der Waals surface area contributed by atoms with Crippen LogP contribution in [0.15, 0.2) is 5.10 Å². The normalized spacial score (nSPS) is 24.8. The molecule has 1 aliphatic carbocycles. The first-order valence-corrected chi connectivity index (χ1v) is 4.54. The third kappa shape index (κ3) is 2.69. The van der Waals surface area contributed by atoms with Crippen LogP contribution in [-0.4, -0.2) is 31.0 Å². The van der Waals surface area contributed by atoms with Crippen LogP contribution < -0.4 is 10.7 Å². The average molecular weight is 183 g/mol. The Morgan fingerprint density at radius 2 is 2.38 bits per heavy atom. The zero-order chi connectivity index (χ0) is 9.10. The van der Waals surface area contributed by atoms with E-state index in [4.69, 9.17) is 4.74 Å². The van der Waals surface area contributed by atoms with Crippen molar-refractivity contribution < 1.29 is 9.53 Å². The highest BCUT2D eigenvalue weighted by Gasteiger charge is 2.23. The van der Waals surface area contributed by atoms with Crippen molar-refractivity contribution in [2.45, 2.75) is 25.3 Å². The first-order chi connectivity index (χ1) is 6.34. The van der Waals surface area contributed by atoms with Crippen molar-refractivity contribution in [3.05, 3.63) is 0 Å². The lowest BCUT2D eigenvalue weighted by Gasteiger charge is -2.01. The van der Waals surface area contributed by atoms with Gasteiger partial charge in [-0.3, -0.25) is 0 Å². The van der Waals surface area contributed by atoms with Crippen molar-refractivity contribution in [3.63, 3.8) is 0 Å². The number of nitrogens with one attached hydrogen (secondary N) is 2. The van der Waals surface area contributed by atoms with Gasteiger partial charge >= 0.3 is 6.03 Å². The summed E-state index contributed by atoms with van der Waals surface area (Å²) in [5.41, 5.74) is 3.36. The topological polar surface area (TPSA) is 62.7 Å². The Kier molecular flexibility index (Phi) is 2.44. The third-order valence-electron chi connectivity index (χ3n) is 2.03. The van der Waals surface area contributed by atoms with E-state index in [-0.39, 0.29) is 6.03 Å². The summed E-state index contributed by atoms with van der Waals surface area (Å²) in [5, 5.41) is 6.71. The molecule has 0 aromatic heterocycles. The summed E-state index contributed by atoms with van der Waals surface area (Å²) in [6, 6.07) is 0.168. The predicted molar refractivity (Wildman–Crippen MR) is 47.6 cm³/mol. The molecule has 1 heterocycles. The van der Waals surface area contributed by atoms with Crippen LogP contribution in [0.3, 0.4) is 0 Å². The molecule has 0 bridgehead atoms. The standard InChI is InChI=1S/C8H13N3O2/c12-8(9-6-1-2-6)11-10-7-3-4-13-5-7/h6H,1-5H2,(H2,9,11,12)/b10-7-. The maximum Gasteiger partial charge on any atom is 0.335 e. The Labute approximate surface area is 76.5 Å². The molecule has 0 aromatic rings. The Morgan fingerprint density at radius 1 is 1.54 bits per heavy atom. The van der Waals surface area contributed by atoms with Crippen molar-refractivity contribution >= 4 is 11.7 Å². The molecule has 72 valence electrons. The molecular weight excluding hydrogens is 170 g/mol. The maximum absolute atomic E-state index is 11.1. The summed E-state index contributed by atoms with van der Waals surface area (Å²) in [6.45, 7) is 1.26. The number of amides is 2. The van der Waals surface area contributed by atoms with Gasteiger partial charge in [0.15, 0.2) is 0 Å². The second-order valence-corrected chi connectivity index (χ2v) is 3.34. The average Bonchev–Trinajstić information content (AvgIpc) is 2.78. The minimum Gasteiger partial charge on any atom is -0.375 e. The summed E-state index contributed by atoms with van der Waals surface area (Å²) in [7, 11) is 0. The fourth-order valence-electron chi connectivity index (χ4n) is 1.12. The van der Waals surface area contributed by atoms with Gasteiger partial charge in [0.25, 0.3) is 0 Å². The Morgan fingerprint density at radius 3 is 3.00 bits per heavy atom. The summed E-state index contributed by atoms with van der Waals surface area (Å²) in [6.07, 6.45) is 3.00. The van der Waals surface area contributed by atoms with Gasteiger partial charge in [-0.15, -0.1) is 0 Å². The second kappa shape index (κ2) is 3.74. The number of carbonyl (C=O) groups is 1. The van der Waals surface area contributed by atoms with Crippen molar-refractivity contribution in [2.24, 2.45) is 5.10 Å². The number of ether oxygens (including phenoxy) is 1. The highest BCUT2D eigenvalue weighted by Crippen LogP contribution is 2.18. The summed E-state index contributed by atoms with van der Waals surface area (Å²) in [5.74, 6) is 0. The molecule has 2 aliphatic rings. The van der Waals surface area contributed by atoms with E-state index in [1.165, 1.54) is 0 Å². The SMILES string of the molecule is O=C(N/N=C1/CCOC1)NC1CC1. The Bertz CT molecular complexity index is 228. The lowest BCUT2D eigenvalue weighted by Crippen LogP contribution is -2.34. The predicted octanol–water partition coefficient (Wildman–Crippen LogP) is 0.224. The van der Waals surface area contributed by atoms with E-state index in [0.29, 0.717) is 19.3 Å². The minimum atomic E-state index is -0.207. The third-order valence-corrected chi connectivity index (χ3v) is 2.03. The zero-order valence-electron chi connectivity index (χ0n) is 7.38. The smallest absolute Gasteiger partial charge is 0.335 e. The van der Waals surface area contributed by atoms with Crippen LogP contribution in [0.4, 0.5) is 4.79 Å². The number of nitrogens with zero attached hydrogens (tertiary/aromatic N) is 1. The largest absolute Gasteiger partial charge is 0.375 e. The van der Waals surface area contributed by atoms with Crippen LogP contribution in [0, 0.1) is 0 Å². The number of carbonyl (C=O) groups excluding carboxylic acids is 1. The molecule has 5 nitrogen and oxygen atoms in total. The van der Waals surface area contributed by atoms with E-state index in [1.807, 2.05) is 0 Å². The van der Waals surface area contributed by atoms with Crippen molar-refractivity contribution in [3.8, 4) is 0 Å². The van der Waals surface area contributed by atoms with E-state index >= 15 is 0 Å². The van der Waals surface area contributed by atoms with E-state index in [2.05, 4.69) is 15.8 Å². The molecule has 0 aromatic carbocycles. The molecule has 2 fully saturated rings. The highest BCUT2D eigenvalue weighted by atomic mass is 16.5. The van der Waals surface area contributed by atoms with E-state index in [9.17, 15) is 4.79 Å². The lowest BCUT2D eigenvalue weighted by atomic mass is 10.3. The fourth-order valence-corrected chi connectivity index (χ4v) is 1.12. The molecule has 2 amide bonds. The fraction of sp³-hybridized carbons (Fsp3) is 0.750. The second-order valence-electron chi connectivity index (χ2n) is 3.34. The minimum absolute atomic E-state index is 0.207. The number of hydrogen-bond donors (Lipinski definition) is 2. The molecule has 13 heavy (non-hydrogen) atoms. The summed E-state index contributed by atoms with van der Waals surface area (Å²) < 4.78 is 5.08. The van der Waals surface area contributed by atoms with Crippen molar-refractivity contribution in [1.82, 2.24) is 10.7 Å². The molecule has 0 atom stereocenters. The van der Waals surface area contributed by atoms with Crippen LogP contribution in [0.25, 0.3) is 0 Å². The van der Waals surface area contributed by atoms with Crippen LogP contribution in [0.1, 0.15) is 19.3 Å². The van der Waals surface area contributed by atoms with Gasteiger partial charge in [-0.1, -0.05) is 0 Å². The lowest BCUT2D eigenvalue weighted by molar-refractivity contribution is 0.209. The van der Waals surface area contributed by atoms with E-state index in [0.717, 1.165) is 25.0 Å².